The molecule has 0 saturated carbocycles. The van der Waals surface area contributed by atoms with Gasteiger partial charge in [0.1, 0.15) is 0 Å². The van der Waals surface area contributed by atoms with E-state index in [1.54, 1.807) is 0 Å². The average molecular weight is 905 g/mol. The Labute approximate surface area is 368 Å². The van der Waals surface area contributed by atoms with Gasteiger partial charge < -0.3 is 24.8 Å². The van der Waals surface area contributed by atoms with Crippen molar-refractivity contribution in [1.82, 2.24) is 0 Å². The van der Waals surface area contributed by atoms with E-state index in [-0.39, 0.29) is 35.6 Å². The number of allylic oxidation sites excluding steroid dienone is 4. The van der Waals surface area contributed by atoms with Crippen LogP contribution in [-0.4, -0.2) is 11.6 Å². The van der Waals surface area contributed by atoms with Gasteiger partial charge in [-0.1, -0.05) is 152 Å². The number of aryl methyl sites for hydroxylation is 2. The molecule has 0 amide bonds. The second-order valence-corrected chi connectivity index (χ2v) is 25.1. The zero-order valence-electron chi connectivity index (χ0n) is 35.0. The summed E-state index contributed by atoms with van der Waals surface area (Å²) in [7, 11) is 0. The van der Waals surface area contributed by atoms with Crippen LogP contribution in [0.3, 0.4) is 0 Å². The monoisotopic (exact) mass is 902 g/mol. The molecule has 6 rings (SSSR count). The summed E-state index contributed by atoms with van der Waals surface area (Å²) in [4.78, 5) is 0. The Balaban J connectivity index is 0.000000317. The molecule has 0 heterocycles. The second-order valence-electron chi connectivity index (χ2n) is 16.8. The van der Waals surface area contributed by atoms with Gasteiger partial charge in [-0.15, -0.1) is 80.6 Å². The molecule has 0 unspecified atom stereocenters. The van der Waals surface area contributed by atoms with Crippen molar-refractivity contribution in [2.75, 3.05) is 0 Å². The van der Waals surface area contributed by atoms with Crippen LogP contribution in [0.25, 0.3) is 46.6 Å². The van der Waals surface area contributed by atoms with Crippen LogP contribution in [-0.2, 0) is 36.2 Å². The number of hydrogen-bond donors (Lipinski definition) is 0. The Morgan fingerprint density at radius 2 is 0.965 bits per heavy atom. The molecule has 0 aliphatic heterocycles. The van der Waals surface area contributed by atoms with Crippen LogP contribution in [0.1, 0.15) is 85.8 Å². The summed E-state index contributed by atoms with van der Waals surface area (Å²) in [5.41, 5.74) is 10.1. The van der Waals surface area contributed by atoms with Crippen LogP contribution in [0.5, 0.6) is 0 Å². The van der Waals surface area contributed by atoms with Crippen LogP contribution in [0.4, 0.5) is 13.2 Å². The summed E-state index contributed by atoms with van der Waals surface area (Å²) < 4.78 is 34.3. The van der Waals surface area contributed by atoms with E-state index >= 15 is 0 Å². The minimum absolute atomic E-state index is 0. The fourth-order valence-corrected chi connectivity index (χ4v) is 8.13. The summed E-state index contributed by atoms with van der Waals surface area (Å²) in [5, 5.41) is 5.00. The van der Waals surface area contributed by atoms with E-state index in [9.17, 15) is 13.2 Å². The molecule has 0 nitrogen and oxygen atoms in total. The molecule has 0 N–H and O–H groups in total. The SMILES string of the molecule is CCCc1ccc(-c2cccc3c2=CC(=CC(C)(C)C)[C-]=3)cc1.CCCc1ccc(-c2cccc3c2=CC(=CC(C)(C)C)[C-]=3)cc1.C[Si](=[Zr+2])CCC(F)(F)F.[Cl-].[Cl-]. The first-order valence-corrected chi connectivity index (χ1v) is 25.5. The summed E-state index contributed by atoms with van der Waals surface area (Å²) in [5.74, 6) is 0. The first-order chi connectivity index (χ1) is 25.8. The minimum atomic E-state index is -3.93. The molecule has 0 fully saturated rings. The average Bonchev–Trinajstić information content (AvgIpc) is 3.70. The van der Waals surface area contributed by atoms with Crippen LogP contribution in [0.15, 0.2) is 108 Å². The van der Waals surface area contributed by atoms with E-state index in [1.807, 2.05) is 6.55 Å². The Morgan fingerprint density at radius 3 is 1.25 bits per heavy atom. The van der Waals surface area contributed by atoms with Gasteiger partial charge >= 0.3 is 67.1 Å². The molecule has 4 aromatic carbocycles. The van der Waals surface area contributed by atoms with Crippen molar-refractivity contribution >= 4 is 29.7 Å². The molecule has 0 bridgehead atoms. The van der Waals surface area contributed by atoms with Crippen molar-refractivity contribution in [3.63, 3.8) is 0 Å². The number of rotatable bonds is 8. The van der Waals surface area contributed by atoms with Crippen molar-refractivity contribution < 1.29 is 61.3 Å². The number of alkyl halides is 3. The van der Waals surface area contributed by atoms with E-state index < -0.39 is 18.0 Å². The normalized spacial score (nSPS) is 14.1. The fourth-order valence-electron chi connectivity index (χ4n) is 6.55. The van der Waals surface area contributed by atoms with Gasteiger partial charge in [0.05, 0.1) is 0 Å². The Hall–Kier alpha value is -2.69. The molecule has 0 saturated heterocycles. The quantitative estimate of drug-likeness (QED) is 0.160. The zero-order valence-corrected chi connectivity index (χ0v) is 40.0. The first kappa shape index (κ1) is 50.5. The fraction of sp³-hybridized carbons (Fsp3) is 0.360. The summed E-state index contributed by atoms with van der Waals surface area (Å²) in [6.45, 7) is 19.7. The standard InChI is InChI=1S/2C23H25.C4H7F3Si.2ClH.Zr/c2*1-5-7-17-10-12-19(13-11-17)21-9-6-8-20-14-18(15-22(20)21)16-23(2,3)4;1-8-3-2-4(5,6)7;;;/h2*6,8-13,15-16H,5,7H2,1-4H3;2-3H2,1H3;2*1H;/q2*-1;;;;+2/p-2. The van der Waals surface area contributed by atoms with Crippen LogP contribution >= 0.6 is 0 Å². The van der Waals surface area contributed by atoms with Gasteiger partial charge in [-0.3, -0.25) is 0 Å². The van der Waals surface area contributed by atoms with Crippen molar-refractivity contribution in [2.45, 2.75) is 106 Å². The van der Waals surface area contributed by atoms with Gasteiger partial charge in [-0.2, -0.15) is 0 Å². The molecule has 2 aliphatic rings. The second kappa shape index (κ2) is 22.6. The van der Waals surface area contributed by atoms with Gasteiger partial charge in [0, 0.05) is 0 Å². The third kappa shape index (κ3) is 16.8. The maximum absolute atomic E-state index is 11.4. The number of fused-ring (bicyclic) bond motifs is 2. The third-order valence-corrected chi connectivity index (χ3v) is 11.8. The van der Waals surface area contributed by atoms with Crippen molar-refractivity contribution in [3.05, 3.63) is 140 Å². The molecule has 2 aliphatic carbocycles. The molecular weight excluding hydrogens is 848 g/mol. The van der Waals surface area contributed by atoms with E-state index in [2.05, 4.69) is 177 Å². The number of benzene rings is 4. The molecule has 302 valence electrons. The molecular formula is C50H57Cl2F3SiZr-2. The molecule has 0 spiro atoms. The summed E-state index contributed by atoms with van der Waals surface area (Å²) in [6, 6.07) is 31.4. The van der Waals surface area contributed by atoms with Crippen LogP contribution < -0.4 is 45.7 Å². The van der Waals surface area contributed by atoms with E-state index in [4.69, 9.17) is 0 Å². The topological polar surface area (TPSA) is 0 Å². The summed E-state index contributed by atoms with van der Waals surface area (Å²) >= 11 is 1.29. The van der Waals surface area contributed by atoms with E-state index in [0.717, 1.165) is 12.8 Å². The largest absolute Gasteiger partial charge is 1.00 e. The number of hydrogen-bond acceptors (Lipinski definition) is 0. The summed E-state index contributed by atoms with van der Waals surface area (Å²) in [6.07, 6.45) is 16.4. The van der Waals surface area contributed by atoms with Crippen molar-refractivity contribution in [2.24, 2.45) is 10.8 Å². The van der Waals surface area contributed by atoms with E-state index in [1.165, 1.54) is 102 Å². The molecule has 0 aromatic heterocycles. The number of halogens is 5. The van der Waals surface area contributed by atoms with Crippen LogP contribution in [0, 0.1) is 10.8 Å². The third-order valence-electron chi connectivity index (χ3n) is 8.94. The molecule has 0 radical (unpaired) electrons. The Morgan fingerprint density at radius 1 is 0.596 bits per heavy atom. The Bertz CT molecular complexity index is 2100. The molecule has 57 heavy (non-hydrogen) atoms. The smallest absolute Gasteiger partial charge is 1.00 e. The van der Waals surface area contributed by atoms with E-state index in [0.29, 0.717) is 6.04 Å². The molecule has 0 atom stereocenters. The van der Waals surface area contributed by atoms with Gasteiger partial charge in [-0.25, -0.2) is 0 Å². The van der Waals surface area contributed by atoms with Gasteiger partial charge in [0.15, 0.2) is 0 Å². The zero-order chi connectivity index (χ0) is 40.4. The Kier molecular flexibility index (Phi) is 20.0. The minimum Gasteiger partial charge on any atom is -1.00 e. The van der Waals surface area contributed by atoms with Gasteiger partial charge in [-0.05, 0) is 45.9 Å². The molecule has 7 heteroatoms. The van der Waals surface area contributed by atoms with Crippen molar-refractivity contribution in [1.29, 1.82) is 0 Å². The van der Waals surface area contributed by atoms with Crippen LogP contribution in [0.2, 0.25) is 12.6 Å². The van der Waals surface area contributed by atoms with Gasteiger partial charge in [0.2, 0.25) is 0 Å². The maximum Gasteiger partial charge on any atom is -1.00 e. The van der Waals surface area contributed by atoms with Gasteiger partial charge in [0.25, 0.3) is 0 Å². The molecule has 4 aromatic rings. The predicted molar refractivity (Wildman–Crippen MR) is 228 cm³/mol. The van der Waals surface area contributed by atoms with Crippen molar-refractivity contribution in [3.8, 4) is 22.3 Å². The first-order valence-electron chi connectivity index (χ1n) is 19.6. The maximum atomic E-state index is 11.4. The predicted octanol–water partition coefficient (Wildman–Crippen LogP) is 5.58.